The number of carbonyl (C=O) groups excluding carboxylic acids is 1. The van der Waals surface area contributed by atoms with Crippen LogP contribution in [0.3, 0.4) is 0 Å². The molecule has 0 saturated carbocycles. The van der Waals surface area contributed by atoms with E-state index in [4.69, 9.17) is 5.11 Å². The zero-order valence-electron chi connectivity index (χ0n) is 9.33. The Labute approximate surface area is 99.5 Å². The van der Waals surface area contributed by atoms with Crippen LogP contribution in [-0.2, 0) is 9.53 Å². The van der Waals surface area contributed by atoms with Crippen molar-refractivity contribution < 1.29 is 14.6 Å². The minimum Gasteiger partial charge on any atom is -0.468 e. The summed E-state index contributed by atoms with van der Waals surface area (Å²) in [6.45, 7) is 3.67. The number of halogens is 1. The molecule has 0 heterocycles. The number of alkyl halides is 1. The van der Waals surface area contributed by atoms with Gasteiger partial charge in [-0.3, -0.25) is 4.79 Å². The molecule has 0 bridgehead atoms. The van der Waals surface area contributed by atoms with Gasteiger partial charge in [-0.15, -0.1) is 0 Å². The summed E-state index contributed by atoms with van der Waals surface area (Å²) in [6, 6.07) is 0. The number of aliphatic hydroxyl groups excluding tert-OH is 1. The molecule has 2 atom stereocenters. The van der Waals surface area contributed by atoms with E-state index in [9.17, 15) is 4.79 Å². The van der Waals surface area contributed by atoms with Crippen molar-refractivity contribution >= 4 is 21.9 Å². The molecular formula is C10H20BrNO3. The summed E-state index contributed by atoms with van der Waals surface area (Å²) in [7, 11) is 1.37. The summed E-state index contributed by atoms with van der Waals surface area (Å²) < 4.78 is 4.58. The van der Waals surface area contributed by atoms with E-state index in [1.807, 2.05) is 0 Å². The predicted octanol–water partition coefficient (Wildman–Crippen LogP) is 0.921. The summed E-state index contributed by atoms with van der Waals surface area (Å²) in [5.41, 5.74) is 0. The van der Waals surface area contributed by atoms with Gasteiger partial charge in [0.05, 0.1) is 7.11 Å². The second-order valence-electron chi connectivity index (χ2n) is 3.44. The Balaban J connectivity index is 3.62. The second kappa shape index (κ2) is 9.12. The van der Waals surface area contributed by atoms with Crippen molar-refractivity contribution in [3.05, 3.63) is 0 Å². The van der Waals surface area contributed by atoms with Crippen LogP contribution >= 0.6 is 15.9 Å². The van der Waals surface area contributed by atoms with E-state index >= 15 is 0 Å². The maximum absolute atomic E-state index is 11.0. The highest BCUT2D eigenvalue weighted by molar-refractivity contribution is 9.10. The number of nitrogens with one attached hydrogen (secondary N) is 1. The smallest absolute Gasteiger partial charge is 0.320 e. The van der Waals surface area contributed by atoms with Crippen LogP contribution in [0.15, 0.2) is 0 Å². The van der Waals surface area contributed by atoms with E-state index in [2.05, 4.69) is 32.9 Å². The average Bonchev–Trinajstić information content (AvgIpc) is 2.26. The molecule has 15 heavy (non-hydrogen) atoms. The van der Waals surface area contributed by atoms with Crippen LogP contribution in [0.4, 0.5) is 0 Å². The Kier molecular flexibility index (Phi) is 9.04. The van der Waals surface area contributed by atoms with Crippen molar-refractivity contribution in [1.82, 2.24) is 5.32 Å². The SMILES string of the molecule is CCC(CCO)CNCC(Br)C(=O)OC. The van der Waals surface area contributed by atoms with E-state index in [-0.39, 0.29) is 17.4 Å². The molecule has 90 valence electrons. The summed E-state index contributed by atoms with van der Waals surface area (Å²) in [6.07, 6.45) is 1.83. The molecule has 4 nitrogen and oxygen atoms in total. The van der Waals surface area contributed by atoms with Gasteiger partial charge in [-0.1, -0.05) is 29.3 Å². The number of hydrogen-bond acceptors (Lipinski definition) is 4. The molecule has 0 aromatic heterocycles. The molecule has 0 fully saturated rings. The molecule has 0 radical (unpaired) electrons. The lowest BCUT2D eigenvalue weighted by molar-refractivity contribution is -0.139. The molecule has 0 aliphatic rings. The fraction of sp³-hybridized carbons (Fsp3) is 0.900. The van der Waals surface area contributed by atoms with E-state index in [1.54, 1.807) is 0 Å². The first kappa shape index (κ1) is 14.9. The first-order valence-electron chi connectivity index (χ1n) is 5.19. The van der Waals surface area contributed by atoms with Gasteiger partial charge in [0, 0.05) is 13.2 Å². The van der Waals surface area contributed by atoms with Crippen molar-refractivity contribution in [2.75, 3.05) is 26.8 Å². The van der Waals surface area contributed by atoms with E-state index < -0.39 is 0 Å². The summed E-state index contributed by atoms with van der Waals surface area (Å²) in [5.74, 6) is 0.199. The molecular weight excluding hydrogens is 262 g/mol. The lowest BCUT2D eigenvalue weighted by Gasteiger charge is -2.15. The molecule has 0 aliphatic heterocycles. The summed E-state index contributed by atoms with van der Waals surface area (Å²) in [5, 5.41) is 12.0. The predicted molar refractivity (Wildman–Crippen MR) is 63.1 cm³/mol. The monoisotopic (exact) mass is 281 g/mol. The van der Waals surface area contributed by atoms with Crippen LogP contribution in [0, 0.1) is 5.92 Å². The zero-order chi connectivity index (χ0) is 11.7. The third-order valence-electron chi connectivity index (χ3n) is 2.33. The lowest BCUT2D eigenvalue weighted by atomic mass is 10.0. The van der Waals surface area contributed by atoms with Crippen LogP contribution < -0.4 is 5.32 Å². The number of esters is 1. The first-order chi connectivity index (χ1) is 7.15. The Morgan fingerprint density at radius 1 is 1.53 bits per heavy atom. The highest BCUT2D eigenvalue weighted by atomic mass is 79.9. The second-order valence-corrected chi connectivity index (χ2v) is 4.54. The Morgan fingerprint density at radius 3 is 2.67 bits per heavy atom. The van der Waals surface area contributed by atoms with E-state index in [0.29, 0.717) is 12.5 Å². The van der Waals surface area contributed by atoms with Crippen molar-refractivity contribution in [2.45, 2.75) is 24.6 Å². The quantitative estimate of drug-likeness (QED) is 0.513. The number of methoxy groups -OCH3 is 1. The van der Waals surface area contributed by atoms with E-state index in [1.165, 1.54) is 7.11 Å². The van der Waals surface area contributed by atoms with Gasteiger partial charge < -0.3 is 15.2 Å². The maximum Gasteiger partial charge on any atom is 0.320 e. The molecule has 0 spiro atoms. The molecule has 0 amide bonds. The van der Waals surface area contributed by atoms with Crippen molar-refractivity contribution in [1.29, 1.82) is 0 Å². The van der Waals surface area contributed by atoms with Gasteiger partial charge in [-0.25, -0.2) is 0 Å². The number of carbonyl (C=O) groups is 1. The number of rotatable bonds is 8. The Bertz CT molecular complexity index is 178. The van der Waals surface area contributed by atoms with Crippen LogP contribution in [0.1, 0.15) is 19.8 Å². The molecule has 0 rings (SSSR count). The maximum atomic E-state index is 11.0. The highest BCUT2D eigenvalue weighted by Gasteiger charge is 2.15. The fourth-order valence-electron chi connectivity index (χ4n) is 1.26. The molecule has 0 saturated heterocycles. The summed E-state index contributed by atoms with van der Waals surface area (Å²) >= 11 is 3.23. The topological polar surface area (TPSA) is 58.6 Å². The minimum atomic E-state index is -0.297. The van der Waals surface area contributed by atoms with Crippen LogP contribution in [0.25, 0.3) is 0 Å². The largest absolute Gasteiger partial charge is 0.468 e. The van der Waals surface area contributed by atoms with Gasteiger partial charge in [0.2, 0.25) is 0 Å². The normalized spacial score (nSPS) is 14.7. The van der Waals surface area contributed by atoms with Crippen LogP contribution in [-0.4, -0.2) is 42.7 Å². The number of ether oxygens (including phenoxy) is 1. The van der Waals surface area contributed by atoms with E-state index in [0.717, 1.165) is 19.4 Å². The van der Waals surface area contributed by atoms with Gasteiger partial charge in [0.1, 0.15) is 4.83 Å². The molecule has 0 aromatic rings. The Morgan fingerprint density at radius 2 is 2.20 bits per heavy atom. The lowest BCUT2D eigenvalue weighted by Crippen LogP contribution is -2.33. The number of aliphatic hydroxyl groups is 1. The van der Waals surface area contributed by atoms with Gasteiger partial charge >= 0.3 is 5.97 Å². The molecule has 5 heteroatoms. The van der Waals surface area contributed by atoms with Crippen LogP contribution in [0.2, 0.25) is 0 Å². The zero-order valence-corrected chi connectivity index (χ0v) is 10.9. The molecule has 0 aliphatic carbocycles. The molecule has 0 aromatic carbocycles. The van der Waals surface area contributed by atoms with Gasteiger partial charge in [-0.05, 0) is 18.9 Å². The highest BCUT2D eigenvalue weighted by Crippen LogP contribution is 2.06. The molecule has 2 N–H and O–H groups in total. The molecule has 2 unspecified atom stereocenters. The van der Waals surface area contributed by atoms with Gasteiger partial charge in [0.15, 0.2) is 0 Å². The van der Waals surface area contributed by atoms with Crippen molar-refractivity contribution in [3.63, 3.8) is 0 Å². The summed E-state index contributed by atoms with van der Waals surface area (Å²) in [4.78, 5) is 10.7. The average molecular weight is 282 g/mol. The number of hydrogen-bond donors (Lipinski definition) is 2. The third-order valence-corrected chi connectivity index (χ3v) is 3.03. The minimum absolute atomic E-state index is 0.217. The Hall–Kier alpha value is -0.130. The van der Waals surface area contributed by atoms with Gasteiger partial charge in [-0.2, -0.15) is 0 Å². The van der Waals surface area contributed by atoms with Crippen LogP contribution in [0.5, 0.6) is 0 Å². The van der Waals surface area contributed by atoms with Gasteiger partial charge in [0.25, 0.3) is 0 Å². The van der Waals surface area contributed by atoms with Crippen molar-refractivity contribution in [3.8, 4) is 0 Å². The third kappa shape index (κ3) is 6.87. The fourth-order valence-corrected chi connectivity index (χ4v) is 1.67. The van der Waals surface area contributed by atoms with Crippen molar-refractivity contribution in [2.24, 2.45) is 5.92 Å². The first-order valence-corrected chi connectivity index (χ1v) is 6.10. The standard InChI is InChI=1S/C10H20BrNO3/c1-3-8(4-5-13)6-12-7-9(11)10(14)15-2/h8-9,12-13H,3-7H2,1-2H3.